The van der Waals surface area contributed by atoms with Gasteiger partial charge in [0.1, 0.15) is 0 Å². The molecule has 1 heterocycles. The summed E-state index contributed by atoms with van der Waals surface area (Å²) < 4.78 is 36.3. The summed E-state index contributed by atoms with van der Waals surface area (Å²) in [6.45, 7) is 0.597. The van der Waals surface area contributed by atoms with Crippen LogP contribution in [0, 0.1) is 0 Å². The Kier molecular flexibility index (Phi) is 8.11. The highest BCUT2D eigenvalue weighted by Crippen LogP contribution is 2.19. The number of furan rings is 1. The molecule has 0 aliphatic heterocycles. The van der Waals surface area contributed by atoms with Crippen LogP contribution in [-0.4, -0.2) is 45.4 Å². The molecule has 0 spiro atoms. The van der Waals surface area contributed by atoms with E-state index >= 15 is 0 Å². The van der Waals surface area contributed by atoms with E-state index in [2.05, 4.69) is 4.74 Å². The molecular formula is C16H21ClN2O5S. The van der Waals surface area contributed by atoms with Gasteiger partial charge in [0.05, 0.1) is 7.11 Å². The van der Waals surface area contributed by atoms with Crippen LogP contribution >= 0.6 is 12.4 Å². The van der Waals surface area contributed by atoms with E-state index < -0.39 is 16.0 Å². The standard InChI is InChI=1S/C16H20N2O5S.ClH/c1-22-16(19)14-7-8-15(23-14)24(20,21)18(12-10-17)11-9-13-5-3-2-4-6-13;/h2-8H,9-12,17H2,1H3;1H. The summed E-state index contributed by atoms with van der Waals surface area (Å²) in [5.41, 5.74) is 6.56. The van der Waals surface area contributed by atoms with Crippen LogP contribution in [-0.2, 0) is 21.2 Å². The van der Waals surface area contributed by atoms with E-state index in [4.69, 9.17) is 10.2 Å². The van der Waals surface area contributed by atoms with Crippen molar-refractivity contribution in [2.75, 3.05) is 26.7 Å². The molecule has 0 amide bonds. The molecule has 0 saturated carbocycles. The number of carbonyl (C=O) groups excluding carboxylic acids is 1. The van der Waals surface area contributed by atoms with Gasteiger partial charge < -0.3 is 14.9 Å². The SMILES string of the molecule is COC(=O)c1ccc(S(=O)(=O)N(CCN)CCc2ccccc2)o1.Cl. The molecule has 2 N–H and O–H groups in total. The van der Waals surface area contributed by atoms with Crippen molar-refractivity contribution < 1.29 is 22.4 Å². The van der Waals surface area contributed by atoms with E-state index in [-0.39, 0.29) is 42.9 Å². The van der Waals surface area contributed by atoms with Crippen molar-refractivity contribution in [2.24, 2.45) is 5.73 Å². The van der Waals surface area contributed by atoms with E-state index in [1.807, 2.05) is 30.3 Å². The number of carbonyl (C=O) groups is 1. The Morgan fingerprint density at radius 2 is 1.84 bits per heavy atom. The number of halogens is 1. The van der Waals surface area contributed by atoms with Gasteiger partial charge in [-0.2, -0.15) is 4.31 Å². The van der Waals surface area contributed by atoms with Crippen LogP contribution in [0.1, 0.15) is 16.1 Å². The molecular weight excluding hydrogens is 368 g/mol. The quantitative estimate of drug-likeness (QED) is 0.690. The third kappa shape index (κ3) is 5.30. The maximum atomic E-state index is 12.7. The maximum Gasteiger partial charge on any atom is 0.374 e. The van der Waals surface area contributed by atoms with Gasteiger partial charge in [0.2, 0.25) is 10.9 Å². The molecule has 0 atom stereocenters. The average molecular weight is 389 g/mol. The maximum absolute atomic E-state index is 12.7. The fourth-order valence-electron chi connectivity index (χ4n) is 2.19. The van der Waals surface area contributed by atoms with E-state index in [1.165, 1.54) is 23.5 Å². The van der Waals surface area contributed by atoms with Crippen LogP contribution in [0.2, 0.25) is 0 Å². The molecule has 0 bridgehead atoms. The zero-order valence-electron chi connectivity index (χ0n) is 13.8. The molecule has 2 rings (SSSR count). The number of nitrogens with zero attached hydrogens (tertiary/aromatic N) is 1. The largest absolute Gasteiger partial charge is 0.463 e. The molecule has 7 nitrogen and oxygen atoms in total. The molecule has 2 aromatic rings. The van der Waals surface area contributed by atoms with Crippen LogP contribution in [0.25, 0.3) is 0 Å². The van der Waals surface area contributed by atoms with Crippen molar-refractivity contribution in [1.82, 2.24) is 4.31 Å². The summed E-state index contributed by atoms with van der Waals surface area (Å²) in [4.78, 5) is 11.4. The number of esters is 1. The molecule has 0 aliphatic carbocycles. The summed E-state index contributed by atoms with van der Waals surface area (Å²) in [5.74, 6) is -0.891. The van der Waals surface area contributed by atoms with Crippen molar-refractivity contribution in [3.05, 3.63) is 53.8 Å². The van der Waals surface area contributed by atoms with Gasteiger partial charge in [0.25, 0.3) is 10.0 Å². The third-order valence-corrected chi connectivity index (χ3v) is 5.21. The van der Waals surface area contributed by atoms with Gasteiger partial charge in [-0.1, -0.05) is 30.3 Å². The zero-order chi connectivity index (χ0) is 17.6. The Bertz CT molecular complexity index is 777. The van der Waals surface area contributed by atoms with E-state index in [0.29, 0.717) is 6.42 Å². The first-order valence-corrected chi connectivity index (χ1v) is 8.85. The zero-order valence-corrected chi connectivity index (χ0v) is 15.4. The Morgan fingerprint density at radius 3 is 2.44 bits per heavy atom. The summed E-state index contributed by atoms with van der Waals surface area (Å²) in [6, 6.07) is 12.1. The highest BCUT2D eigenvalue weighted by Gasteiger charge is 2.28. The number of rotatable bonds is 8. The molecule has 0 unspecified atom stereocenters. The molecule has 25 heavy (non-hydrogen) atoms. The summed E-state index contributed by atoms with van der Waals surface area (Å²) >= 11 is 0. The van der Waals surface area contributed by atoms with Crippen LogP contribution in [0.4, 0.5) is 0 Å². The lowest BCUT2D eigenvalue weighted by Gasteiger charge is -2.20. The second-order valence-corrected chi connectivity index (χ2v) is 6.91. The molecule has 9 heteroatoms. The number of benzene rings is 1. The lowest BCUT2D eigenvalue weighted by Crippen LogP contribution is -2.36. The first-order chi connectivity index (χ1) is 11.5. The summed E-state index contributed by atoms with van der Waals surface area (Å²) in [7, 11) is -2.68. The van der Waals surface area contributed by atoms with Gasteiger partial charge in [0, 0.05) is 19.6 Å². The highest BCUT2D eigenvalue weighted by molar-refractivity contribution is 7.89. The molecule has 0 fully saturated rings. The monoisotopic (exact) mass is 388 g/mol. The van der Waals surface area contributed by atoms with Gasteiger partial charge in [-0.05, 0) is 24.1 Å². The van der Waals surface area contributed by atoms with Gasteiger partial charge >= 0.3 is 5.97 Å². The topological polar surface area (TPSA) is 103 Å². The fraction of sp³-hybridized carbons (Fsp3) is 0.312. The van der Waals surface area contributed by atoms with E-state index in [0.717, 1.165) is 5.56 Å². The van der Waals surface area contributed by atoms with Gasteiger partial charge in [-0.15, -0.1) is 12.4 Å². The number of sulfonamides is 1. The third-order valence-electron chi connectivity index (χ3n) is 3.43. The molecule has 0 saturated heterocycles. The first kappa shape index (κ1) is 21.2. The summed E-state index contributed by atoms with van der Waals surface area (Å²) in [5, 5.41) is -0.301. The predicted octanol–water partition coefficient (Wildman–Crippen LogP) is 1.68. The molecule has 1 aromatic heterocycles. The first-order valence-electron chi connectivity index (χ1n) is 7.41. The lowest BCUT2D eigenvalue weighted by molar-refractivity contribution is 0.0558. The van der Waals surface area contributed by atoms with Crippen LogP contribution < -0.4 is 5.73 Å². The normalized spacial score (nSPS) is 11.2. The predicted molar refractivity (Wildman–Crippen MR) is 95.3 cm³/mol. The Morgan fingerprint density at radius 1 is 1.16 bits per heavy atom. The van der Waals surface area contributed by atoms with Crippen LogP contribution in [0.3, 0.4) is 0 Å². The second kappa shape index (κ2) is 9.57. The Balaban J connectivity index is 0.00000312. The van der Waals surface area contributed by atoms with E-state index in [1.54, 1.807) is 0 Å². The Labute approximate surface area is 153 Å². The van der Waals surface area contributed by atoms with Crippen molar-refractivity contribution >= 4 is 28.4 Å². The molecule has 138 valence electrons. The van der Waals surface area contributed by atoms with Crippen molar-refractivity contribution in [3.63, 3.8) is 0 Å². The molecule has 0 aliphatic rings. The minimum atomic E-state index is -3.88. The Hall–Kier alpha value is -1.87. The van der Waals surface area contributed by atoms with Crippen molar-refractivity contribution in [1.29, 1.82) is 0 Å². The number of hydrogen-bond acceptors (Lipinski definition) is 6. The highest BCUT2D eigenvalue weighted by atomic mass is 35.5. The van der Waals surface area contributed by atoms with Crippen LogP contribution in [0.15, 0.2) is 52.0 Å². The number of methoxy groups -OCH3 is 1. The second-order valence-electron chi connectivity index (χ2n) is 5.04. The van der Waals surface area contributed by atoms with E-state index in [9.17, 15) is 13.2 Å². The van der Waals surface area contributed by atoms with Gasteiger partial charge in [-0.3, -0.25) is 0 Å². The molecule has 0 radical (unpaired) electrons. The minimum Gasteiger partial charge on any atom is -0.463 e. The van der Waals surface area contributed by atoms with Crippen LogP contribution in [0.5, 0.6) is 0 Å². The summed E-state index contributed by atoms with van der Waals surface area (Å²) in [6.07, 6.45) is 0.546. The smallest absolute Gasteiger partial charge is 0.374 e. The number of ether oxygens (including phenoxy) is 1. The number of hydrogen-bond donors (Lipinski definition) is 1. The molecule has 1 aromatic carbocycles. The number of nitrogens with two attached hydrogens (primary N) is 1. The van der Waals surface area contributed by atoms with Crippen molar-refractivity contribution in [3.8, 4) is 0 Å². The van der Waals surface area contributed by atoms with Gasteiger partial charge in [0.15, 0.2) is 0 Å². The fourth-order valence-corrected chi connectivity index (χ4v) is 3.56. The van der Waals surface area contributed by atoms with Crippen molar-refractivity contribution in [2.45, 2.75) is 11.5 Å². The average Bonchev–Trinajstić information content (AvgIpc) is 3.09. The lowest BCUT2D eigenvalue weighted by atomic mass is 10.1. The minimum absolute atomic E-state index is 0. The van der Waals surface area contributed by atoms with Gasteiger partial charge in [-0.25, -0.2) is 13.2 Å².